The standard InChI is InChI=1S/C19H15Cl3N2O4/c20-12-1-4-14(5-2-12)24-9-11(7-18(24)26)19(27)28-10-17(25)23-13-3-6-15(21)16(22)8-13/h1-6,8,11H,7,9-10H2,(H,23,25)/t11-/m1/s1. The number of rotatable bonds is 5. The third-order valence-electron chi connectivity index (χ3n) is 4.15. The van der Waals surface area contributed by atoms with E-state index in [-0.39, 0.29) is 18.9 Å². The van der Waals surface area contributed by atoms with Gasteiger partial charge in [0, 0.05) is 29.4 Å². The first-order valence-electron chi connectivity index (χ1n) is 8.31. The Labute approximate surface area is 176 Å². The summed E-state index contributed by atoms with van der Waals surface area (Å²) in [5.74, 6) is -1.95. The molecule has 1 aliphatic rings. The van der Waals surface area contributed by atoms with Gasteiger partial charge in [-0.15, -0.1) is 0 Å². The van der Waals surface area contributed by atoms with Gasteiger partial charge in [-0.05, 0) is 42.5 Å². The molecule has 0 bridgehead atoms. The Balaban J connectivity index is 1.52. The molecule has 0 radical (unpaired) electrons. The summed E-state index contributed by atoms with van der Waals surface area (Å²) in [5.41, 5.74) is 1.09. The van der Waals surface area contributed by atoms with E-state index in [1.165, 1.54) is 11.0 Å². The minimum Gasteiger partial charge on any atom is -0.455 e. The van der Waals surface area contributed by atoms with Crippen molar-refractivity contribution >= 4 is 64.0 Å². The van der Waals surface area contributed by atoms with Gasteiger partial charge in [-0.1, -0.05) is 34.8 Å². The molecule has 3 rings (SSSR count). The van der Waals surface area contributed by atoms with Crippen molar-refractivity contribution in [3.05, 3.63) is 57.5 Å². The van der Waals surface area contributed by atoms with Crippen molar-refractivity contribution in [2.75, 3.05) is 23.4 Å². The van der Waals surface area contributed by atoms with E-state index in [1.54, 1.807) is 36.4 Å². The number of anilines is 2. The molecule has 1 aliphatic heterocycles. The van der Waals surface area contributed by atoms with E-state index in [0.717, 1.165) is 0 Å². The van der Waals surface area contributed by atoms with Crippen LogP contribution < -0.4 is 10.2 Å². The number of halogens is 3. The molecule has 146 valence electrons. The lowest BCUT2D eigenvalue weighted by Crippen LogP contribution is -2.28. The Hall–Kier alpha value is -2.28. The highest BCUT2D eigenvalue weighted by Gasteiger charge is 2.36. The van der Waals surface area contributed by atoms with E-state index in [1.807, 2.05) is 0 Å². The summed E-state index contributed by atoms with van der Waals surface area (Å²) < 4.78 is 5.06. The van der Waals surface area contributed by atoms with Crippen molar-refractivity contribution in [3.8, 4) is 0 Å². The number of carbonyl (C=O) groups excluding carboxylic acids is 3. The molecule has 0 spiro atoms. The van der Waals surface area contributed by atoms with Crippen LogP contribution in [0.15, 0.2) is 42.5 Å². The zero-order chi connectivity index (χ0) is 20.3. The highest BCUT2D eigenvalue weighted by molar-refractivity contribution is 6.42. The molecule has 1 fully saturated rings. The van der Waals surface area contributed by atoms with Crippen molar-refractivity contribution < 1.29 is 19.1 Å². The monoisotopic (exact) mass is 440 g/mol. The number of carbonyl (C=O) groups is 3. The lowest BCUT2D eigenvalue weighted by molar-refractivity contribution is -0.151. The van der Waals surface area contributed by atoms with Crippen LogP contribution in [0.2, 0.25) is 15.1 Å². The van der Waals surface area contributed by atoms with Gasteiger partial charge in [-0.2, -0.15) is 0 Å². The average molecular weight is 442 g/mol. The third-order valence-corrected chi connectivity index (χ3v) is 5.14. The summed E-state index contributed by atoms with van der Waals surface area (Å²) in [6.07, 6.45) is 0.0237. The lowest BCUT2D eigenvalue weighted by atomic mass is 10.1. The number of ether oxygens (including phenoxy) is 1. The molecule has 2 amide bonds. The van der Waals surface area contributed by atoms with Crippen molar-refractivity contribution in [1.29, 1.82) is 0 Å². The molecule has 28 heavy (non-hydrogen) atoms. The van der Waals surface area contributed by atoms with Crippen LogP contribution in [0.3, 0.4) is 0 Å². The first kappa shape index (κ1) is 20.5. The smallest absolute Gasteiger partial charge is 0.311 e. The van der Waals surface area contributed by atoms with Crippen molar-refractivity contribution in [2.24, 2.45) is 5.92 Å². The van der Waals surface area contributed by atoms with Crippen LogP contribution in [-0.4, -0.2) is 30.9 Å². The molecule has 0 saturated carbocycles. The SMILES string of the molecule is O=C(COC(=O)[C@@H]1CC(=O)N(c2ccc(Cl)cc2)C1)Nc1ccc(Cl)c(Cl)c1. The summed E-state index contributed by atoms with van der Waals surface area (Å²) in [6, 6.07) is 11.4. The van der Waals surface area contributed by atoms with Crippen LogP contribution in [0.25, 0.3) is 0 Å². The van der Waals surface area contributed by atoms with Crippen LogP contribution in [0.5, 0.6) is 0 Å². The molecule has 0 unspecified atom stereocenters. The van der Waals surface area contributed by atoms with Gasteiger partial charge in [0.05, 0.1) is 16.0 Å². The van der Waals surface area contributed by atoms with E-state index < -0.39 is 24.4 Å². The van der Waals surface area contributed by atoms with Gasteiger partial charge in [-0.25, -0.2) is 0 Å². The summed E-state index contributed by atoms with van der Waals surface area (Å²) in [7, 11) is 0. The Bertz CT molecular complexity index is 918. The maximum atomic E-state index is 12.2. The number of esters is 1. The van der Waals surface area contributed by atoms with Crippen molar-refractivity contribution in [2.45, 2.75) is 6.42 Å². The number of nitrogens with zero attached hydrogens (tertiary/aromatic N) is 1. The highest BCUT2D eigenvalue weighted by atomic mass is 35.5. The molecular formula is C19H15Cl3N2O4. The van der Waals surface area contributed by atoms with Gasteiger partial charge in [0.15, 0.2) is 6.61 Å². The van der Waals surface area contributed by atoms with Gasteiger partial charge in [0.2, 0.25) is 5.91 Å². The number of benzene rings is 2. The fourth-order valence-electron chi connectivity index (χ4n) is 2.76. The van der Waals surface area contributed by atoms with E-state index in [4.69, 9.17) is 39.5 Å². The van der Waals surface area contributed by atoms with Gasteiger partial charge >= 0.3 is 5.97 Å². The maximum absolute atomic E-state index is 12.2. The molecule has 0 aromatic heterocycles. The summed E-state index contributed by atoms with van der Waals surface area (Å²) in [4.78, 5) is 37.9. The second kappa shape index (κ2) is 8.82. The van der Waals surface area contributed by atoms with Crippen LogP contribution in [0, 0.1) is 5.92 Å². The molecule has 0 aliphatic carbocycles. The highest BCUT2D eigenvalue weighted by Crippen LogP contribution is 2.27. The Morgan fingerprint density at radius 2 is 1.79 bits per heavy atom. The maximum Gasteiger partial charge on any atom is 0.311 e. The summed E-state index contributed by atoms with van der Waals surface area (Å²) in [6.45, 7) is -0.279. The van der Waals surface area contributed by atoms with E-state index >= 15 is 0 Å². The van der Waals surface area contributed by atoms with E-state index in [9.17, 15) is 14.4 Å². The fraction of sp³-hybridized carbons (Fsp3) is 0.211. The number of hydrogen-bond donors (Lipinski definition) is 1. The normalized spacial score (nSPS) is 16.2. The molecule has 6 nitrogen and oxygen atoms in total. The fourth-order valence-corrected chi connectivity index (χ4v) is 3.19. The lowest BCUT2D eigenvalue weighted by Gasteiger charge is -2.16. The van der Waals surface area contributed by atoms with Crippen LogP contribution in [-0.2, 0) is 19.1 Å². The number of amides is 2. The van der Waals surface area contributed by atoms with Gasteiger partial charge < -0.3 is 15.0 Å². The zero-order valence-corrected chi connectivity index (χ0v) is 16.7. The van der Waals surface area contributed by atoms with Crippen molar-refractivity contribution in [3.63, 3.8) is 0 Å². The van der Waals surface area contributed by atoms with E-state index in [0.29, 0.717) is 26.4 Å². The van der Waals surface area contributed by atoms with Crippen molar-refractivity contribution in [1.82, 2.24) is 0 Å². The zero-order valence-electron chi connectivity index (χ0n) is 14.5. The first-order chi connectivity index (χ1) is 13.3. The average Bonchev–Trinajstić information content (AvgIpc) is 3.05. The first-order valence-corrected chi connectivity index (χ1v) is 9.44. The van der Waals surface area contributed by atoms with Gasteiger partial charge in [-0.3, -0.25) is 14.4 Å². The molecule has 2 aromatic carbocycles. The van der Waals surface area contributed by atoms with Gasteiger partial charge in [0.1, 0.15) is 0 Å². The summed E-state index contributed by atoms with van der Waals surface area (Å²) >= 11 is 17.6. The molecule has 2 aromatic rings. The minimum atomic E-state index is -0.638. The molecule has 1 atom stereocenters. The number of hydrogen-bond acceptors (Lipinski definition) is 4. The number of nitrogens with one attached hydrogen (secondary N) is 1. The quantitative estimate of drug-likeness (QED) is 0.706. The minimum absolute atomic E-state index is 0.0237. The Morgan fingerprint density at radius 3 is 2.46 bits per heavy atom. The predicted molar refractivity (Wildman–Crippen MR) is 108 cm³/mol. The molecule has 9 heteroatoms. The van der Waals surface area contributed by atoms with E-state index in [2.05, 4.69) is 5.32 Å². The molecule has 1 N–H and O–H groups in total. The molecular weight excluding hydrogens is 427 g/mol. The topological polar surface area (TPSA) is 75.7 Å². The Morgan fingerprint density at radius 1 is 1.07 bits per heavy atom. The molecule has 1 heterocycles. The Kier molecular flexibility index (Phi) is 6.44. The summed E-state index contributed by atoms with van der Waals surface area (Å²) in [5, 5.41) is 3.77. The second-order valence-corrected chi connectivity index (χ2v) is 7.42. The molecule has 1 saturated heterocycles. The van der Waals surface area contributed by atoms with Crippen LogP contribution in [0.4, 0.5) is 11.4 Å². The van der Waals surface area contributed by atoms with Crippen LogP contribution >= 0.6 is 34.8 Å². The third kappa shape index (κ3) is 4.95. The van der Waals surface area contributed by atoms with Crippen LogP contribution in [0.1, 0.15) is 6.42 Å². The predicted octanol–water partition coefficient (Wildman–Crippen LogP) is 4.18. The van der Waals surface area contributed by atoms with Gasteiger partial charge in [0.25, 0.3) is 5.91 Å². The second-order valence-electron chi connectivity index (χ2n) is 6.17. The largest absolute Gasteiger partial charge is 0.455 e.